The van der Waals surface area contributed by atoms with Crippen LogP contribution in [0.2, 0.25) is 0 Å². The molecule has 0 aliphatic carbocycles. The number of hydrogen-bond acceptors (Lipinski definition) is 6. The number of H-pyrrole nitrogens is 1. The second-order valence-electron chi connectivity index (χ2n) is 7.31. The van der Waals surface area contributed by atoms with Crippen molar-refractivity contribution in [2.24, 2.45) is 0 Å². The van der Waals surface area contributed by atoms with Gasteiger partial charge in [-0.05, 0) is 18.0 Å². The fourth-order valence-electron chi connectivity index (χ4n) is 2.94. The molecule has 0 radical (unpaired) electrons. The molecule has 1 saturated heterocycles. The van der Waals surface area contributed by atoms with Crippen molar-refractivity contribution < 1.29 is 9.32 Å². The molecule has 0 saturated carbocycles. The van der Waals surface area contributed by atoms with Gasteiger partial charge in [0.2, 0.25) is 11.8 Å². The molecule has 24 heavy (non-hydrogen) atoms. The maximum absolute atomic E-state index is 11.3. The Morgan fingerprint density at radius 3 is 2.92 bits per heavy atom. The molecule has 1 atom stereocenters. The van der Waals surface area contributed by atoms with Gasteiger partial charge in [-0.1, -0.05) is 20.8 Å². The van der Waals surface area contributed by atoms with Crippen LogP contribution in [0.3, 0.4) is 0 Å². The average Bonchev–Trinajstić information content (AvgIpc) is 3.15. The Morgan fingerprint density at radius 2 is 2.25 bits per heavy atom. The molecule has 0 aromatic carbocycles. The SMILES string of the molecule is CC(=O)Nc1cn[nH]c1C1CCCN(c2noc(C(C)(C)C)n2)C1. The van der Waals surface area contributed by atoms with Gasteiger partial charge in [-0.25, -0.2) is 0 Å². The molecular weight excluding hydrogens is 308 g/mol. The highest BCUT2D eigenvalue weighted by Crippen LogP contribution is 2.32. The largest absolute Gasteiger partial charge is 0.338 e. The molecule has 0 bridgehead atoms. The van der Waals surface area contributed by atoms with Crippen LogP contribution >= 0.6 is 0 Å². The van der Waals surface area contributed by atoms with E-state index in [4.69, 9.17) is 4.52 Å². The van der Waals surface area contributed by atoms with Crippen molar-refractivity contribution in [1.82, 2.24) is 20.3 Å². The summed E-state index contributed by atoms with van der Waals surface area (Å²) in [6.07, 6.45) is 3.69. The number of rotatable bonds is 3. The van der Waals surface area contributed by atoms with Gasteiger partial charge in [0.1, 0.15) is 0 Å². The molecule has 3 rings (SSSR count). The summed E-state index contributed by atoms with van der Waals surface area (Å²) in [5, 5.41) is 14.1. The standard InChI is InChI=1S/C16H24N6O2/c1-10(23)18-12-8-17-20-13(12)11-6-5-7-22(9-11)15-19-14(24-21-15)16(2,3)4/h8,11H,5-7,9H2,1-4H3,(H,17,20)(H,18,23). The molecule has 2 aromatic heterocycles. The molecule has 3 heterocycles. The molecule has 1 unspecified atom stereocenters. The summed E-state index contributed by atoms with van der Waals surface area (Å²) >= 11 is 0. The van der Waals surface area contributed by atoms with Crippen LogP contribution in [0.25, 0.3) is 0 Å². The predicted octanol–water partition coefficient (Wildman–Crippen LogP) is 2.43. The van der Waals surface area contributed by atoms with E-state index in [1.54, 1.807) is 6.20 Å². The lowest BCUT2D eigenvalue weighted by atomic mass is 9.94. The number of carbonyl (C=O) groups excluding carboxylic acids is 1. The number of aromatic amines is 1. The molecule has 8 nitrogen and oxygen atoms in total. The van der Waals surface area contributed by atoms with Crippen molar-refractivity contribution in [3.63, 3.8) is 0 Å². The molecule has 130 valence electrons. The molecular formula is C16H24N6O2. The van der Waals surface area contributed by atoms with Gasteiger partial charge in [0.15, 0.2) is 0 Å². The zero-order chi connectivity index (χ0) is 17.3. The van der Waals surface area contributed by atoms with E-state index in [9.17, 15) is 4.79 Å². The fourth-order valence-corrected chi connectivity index (χ4v) is 2.94. The second-order valence-corrected chi connectivity index (χ2v) is 7.31. The van der Waals surface area contributed by atoms with Crippen molar-refractivity contribution in [1.29, 1.82) is 0 Å². The first-order valence-electron chi connectivity index (χ1n) is 8.24. The van der Waals surface area contributed by atoms with E-state index in [1.807, 2.05) is 20.8 Å². The van der Waals surface area contributed by atoms with Crippen LogP contribution < -0.4 is 10.2 Å². The molecule has 2 aromatic rings. The topological polar surface area (TPSA) is 99.9 Å². The highest BCUT2D eigenvalue weighted by molar-refractivity contribution is 5.89. The van der Waals surface area contributed by atoms with Gasteiger partial charge in [-0.3, -0.25) is 9.89 Å². The van der Waals surface area contributed by atoms with E-state index in [0.29, 0.717) is 11.8 Å². The Labute approximate surface area is 141 Å². The maximum Gasteiger partial charge on any atom is 0.266 e. The summed E-state index contributed by atoms with van der Waals surface area (Å²) in [5.41, 5.74) is 1.54. The van der Waals surface area contributed by atoms with Gasteiger partial charge in [-0.2, -0.15) is 10.1 Å². The third-order valence-corrected chi connectivity index (χ3v) is 4.15. The van der Waals surface area contributed by atoms with Gasteiger partial charge in [-0.15, -0.1) is 0 Å². The molecule has 0 spiro atoms. The number of piperidine rings is 1. The highest BCUT2D eigenvalue weighted by Gasteiger charge is 2.29. The quantitative estimate of drug-likeness (QED) is 0.895. The average molecular weight is 332 g/mol. The van der Waals surface area contributed by atoms with Gasteiger partial charge < -0.3 is 14.7 Å². The summed E-state index contributed by atoms with van der Waals surface area (Å²) in [6.45, 7) is 9.30. The van der Waals surface area contributed by atoms with Gasteiger partial charge in [0.25, 0.3) is 5.95 Å². The zero-order valence-corrected chi connectivity index (χ0v) is 14.6. The first-order chi connectivity index (χ1) is 11.3. The van der Waals surface area contributed by atoms with Gasteiger partial charge in [0.05, 0.1) is 17.6 Å². The molecule has 2 N–H and O–H groups in total. The highest BCUT2D eigenvalue weighted by atomic mass is 16.5. The first kappa shape index (κ1) is 16.5. The van der Waals surface area contributed by atoms with E-state index < -0.39 is 0 Å². The number of anilines is 2. The Hall–Kier alpha value is -2.38. The van der Waals surface area contributed by atoms with Crippen LogP contribution in [0.15, 0.2) is 10.7 Å². The number of aromatic nitrogens is 4. The summed E-state index contributed by atoms with van der Waals surface area (Å²) in [4.78, 5) is 18.0. The van der Waals surface area contributed by atoms with Crippen molar-refractivity contribution in [2.75, 3.05) is 23.3 Å². The van der Waals surface area contributed by atoms with Crippen LogP contribution in [0, 0.1) is 0 Å². The summed E-state index contributed by atoms with van der Waals surface area (Å²) in [5.74, 6) is 1.41. The number of nitrogens with zero attached hydrogens (tertiary/aromatic N) is 4. The molecule has 1 aliphatic heterocycles. The maximum atomic E-state index is 11.3. The summed E-state index contributed by atoms with van der Waals surface area (Å²) in [7, 11) is 0. The van der Waals surface area contributed by atoms with E-state index in [1.165, 1.54) is 6.92 Å². The molecule has 1 amide bonds. The van der Waals surface area contributed by atoms with E-state index in [0.717, 1.165) is 37.3 Å². The Bertz CT molecular complexity index is 714. The normalized spacial score (nSPS) is 18.7. The van der Waals surface area contributed by atoms with Gasteiger partial charge in [0, 0.05) is 31.3 Å². The Morgan fingerprint density at radius 1 is 1.46 bits per heavy atom. The lowest BCUT2D eigenvalue weighted by Crippen LogP contribution is -2.35. The lowest BCUT2D eigenvalue weighted by molar-refractivity contribution is -0.114. The lowest BCUT2D eigenvalue weighted by Gasteiger charge is -2.31. The summed E-state index contributed by atoms with van der Waals surface area (Å²) < 4.78 is 5.40. The third-order valence-electron chi connectivity index (χ3n) is 4.15. The van der Waals surface area contributed by atoms with Crippen LogP contribution in [-0.2, 0) is 10.2 Å². The second kappa shape index (κ2) is 6.26. The molecule has 8 heteroatoms. The molecule has 1 aliphatic rings. The minimum atomic E-state index is -0.164. The van der Waals surface area contributed by atoms with Crippen molar-refractivity contribution in [3.8, 4) is 0 Å². The Balaban J connectivity index is 1.76. The number of carbonyl (C=O) groups is 1. The number of amides is 1. The predicted molar refractivity (Wildman–Crippen MR) is 90.1 cm³/mol. The Kier molecular flexibility index (Phi) is 4.29. The van der Waals surface area contributed by atoms with Crippen LogP contribution in [-0.4, -0.2) is 39.3 Å². The fraction of sp³-hybridized carbons (Fsp3) is 0.625. The zero-order valence-electron chi connectivity index (χ0n) is 14.6. The smallest absolute Gasteiger partial charge is 0.266 e. The van der Waals surface area contributed by atoms with Crippen molar-refractivity contribution in [3.05, 3.63) is 17.8 Å². The van der Waals surface area contributed by atoms with Crippen LogP contribution in [0.5, 0.6) is 0 Å². The first-order valence-corrected chi connectivity index (χ1v) is 8.24. The minimum Gasteiger partial charge on any atom is -0.338 e. The van der Waals surface area contributed by atoms with Crippen molar-refractivity contribution in [2.45, 2.75) is 51.9 Å². The number of nitrogens with one attached hydrogen (secondary N) is 2. The summed E-state index contributed by atoms with van der Waals surface area (Å²) in [6, 6.07) is 0. The van der Waals surface area contributed by atoms with Crippen molar-refractivity contribution >= 4 is 17.5 Å². The van der Waals surface area contributed by atoms with E-state index >= 15 is 0 Å². The van der Waals surface area contributed by atoms with Crippen LogP contribution in [0.1, 0.15) is 58.0 Å². The van der Waals surface area contributed by atoms with E-state index in [-0.39, 0.29) is 17.2 Å². The number of hydrogen-bond donors (Lipinski definition) is 2. The third kappa shape index (κ3) is 3.42. The van der Waals surface area contributed by atoms with E-state index in [2.05, 4.69) is 30.6 Å². The monoisotopic (exact) mass is 332 g/mol. The molecule has 1 fully saturated rings. The van der Waals surface area contributed by atoms with Gasteiger partial charge >= 0.3 is 0 Å². The minimum absolute atomic E-state index is 0.0988. The van der Waals surface area contributed by atoms with Crippen LogP contribution in [0.4, 0.5) is 11.6 Å².